The van der Waals surface area contributed by atoms with Crippen molar-refractivity contribution >= 4 is 23.2 Å². The van der Waals surface area contributed by atoms with Crippen LogP contribution in [-0.2, 0) is 6.54 Å². The molecule has 0 N–H and O–H groups in total. The molecule has 19 heavy (non-hydrogen) atoms. The SMILES string of the molecule is CC(=O)c1ccc[n+](CC(=O)c2ccc(Cl)cc2)c1. The third-order valence-corrected chi connectivity index (χ3v) is 3.01. The maximum absolute atomic E-state index is 12.1. The quantitative estimate of drug-likeness (QED) is 0.635. The van der Waals surface area contributed by atoms with Gasteiger partial charge in [-0.2, -0.15) is 4.57 Å². The molecule has 0 atom stereocenters. The van der Waals surface area contributed by atoms with Gasteiger partial charge in [0.2, 0.25) is 12.3 Å². The lowest BCUT2D eigenvalue weighted by atomic mass is 10.1. The van der Waals surface area contributed by atoms with E-state index in [9.17, 15) is 9.59 Å². The highest BCUT2D eigenvalue weighted by Gasteiger charge is 2.13. The minimum Gasteiger partial charge on any atom is -0.294 e. The van der Waals surface area contributed by atoms with E-state index in [1.807, 2.05) is 0 Å². The molecule has 1 heterocycles. The van der Waals surface area contributed by atoms with Gasteiger partial charge in [-0.25, -0.2) is 0 Å². The first-order valence-electron chi connectivity index (χ1n) is 5.85. The van der Waals surface area contributed by atoms with Crippen LogP contribution < -0.4 is 4.57 Å². The zero-order valence-electron chi connectivity index (χ0n) is 10.5. The molecule has 0 amide bonds. The first kappa shape index (κ1) is 13.4. The second-order valence-electron chi connectivity index (χ2n) is 4.25. The van der Waals surface area contributed by atoms with Crippen LogP contribution in [0.4, 0.5) is 0 Å². The fourth-order valence-electron chi connectivity index (χ4n) is 1.72. The molecule has 0 aliphatic carbocycles. The van der Waals surface area contributed by atoms with Gasteiger partial charge < -0.3 is 0 Å². The average Bonchev–Trinajstić information content (AvgIpc) is 2.39. The summed E-state index contributed by atoms with van der Waals surface area (Å²) in [5.41, 5.74) is 1.19. The summed E-state index contributed by atoms with van der Waals surface area (Å²) in [7, 11) is 0. The number of carbonyl (C=O) groups excluding carboxylic acids is 2. The Hall–Kier alpha value is -2.00. The standard InChI is InChI=1S/C15H13ClNO2/c1-11(18)13-3-2-8-17(9-13)10-15(19)12-4-6-14(16)7-5-12/h2-9H,10H2,1H3/q+1. The molecular weight excluding hydrogens is 262 g/mol. The largest absolute Gasteiger partial charge is 0.294 e. The van der Waals surface area contributed by atoms with Gasteiger partial charge in [0.25, 0.3) is 0 Å². The number of nitrogens with zero attached hydrogens (tertiary/aromatic N) is 1. The molecule has 0 fully saturated rings. The van der Waals surface area contributed by atoms with Crippen LogP contribution in [0.2, 0.25) is 5.02 Å². The second-order valence-corrected chi connectivity index (χ2v) is 4.69. The highest BCUT2D eigenvalue weighted by molar-refractivity contribution is 6.30. The maximum Gasteiger partial charge on any atom is 0.227 e. The van der Waals surface area contributed by atoms with Crippen molar-refractivity contribution in [3.63, 3.8) is 0 Å². The van der Waals surface area contributed by atoms with Gasteiger partial charge in [-0.15, -0.1) is 0 Å². The molecule has 0 bridgehead atoms. The van der Waals surface area contributed by atoms with Crippen LogP contribution in [0, 0.1) is 0 Å². The fraction of sp³-hybridized carbons (Fsp3) is 0.133. The van der Waals surface area contributed by atoms with E-state index in [0.717, 1.165) is 0 Å². The van der Waals surface area contributed by atoms with Crippen LogP contribution in [0.1, 0.15) is 27.6 Å². The fourth-order valence-corrected chi connectivity index (χ4v) is 1.85. The summed E-state index contributed by atoms with van der Waals surface area (Å²) in [5, 5.41) is 0.600. The van der Waals surface area contributed by atoms with Gasteiger partial charge in [0, 0.05) is 16.7 Å². The highest BCUT2D eigenvalue weighted by atomic mass is 35.5. The van der Waals surface area contributed by atoms with E-state index >= 15 is 0 Å². The predicted octanol–water partition coefficient (Wildman–Crippen LogP) is 2.71. The van der Waals surface area contributed by atoms with E-state index in [1.54, 1.807) is 53.4 Å². The number of pyridine rings is 1. The summed E-state index contributed by atoms with van der Waals surface area (Å²) in [6, 6.07) is 10.2. The Morgan fingerprint density at radius 3 is 2.42 bits per heavy atom. The molecule has 0 radical (unpaired) electrons. The molecule has 2 rings (SSSR count). The molecule has 0 saturated heterocycles. The molecule has 2 aromatic rings. The van der Waals surface area contributed by atoms with Crippen molar-refractivity contribution in [1.29, 1.82) is 0 Å². The Labute approximate surface area is 116 Å². The van der Waals surface area contributed by atoms with Crippen molar-refractivity contribution in [2.75, 3.05) is 0 Å². The molecule has 0 aliphatic rings. The number of rotatable bonds is 4. The lowest BCUT2D eigenvalue weighted by Gasteiger charge is -1.99. The topological polar surface area (TPSA) is 38.0 Å². The number of halogens is 1. The van der Waals surface area contributed by atoms with Gasteiger partial charge in [-0.3, -0.25) is 9.59 Å². The number of carbonyl (C=O) groups is 2. The van der Waals surface area contributed by atoms with Crippen molar-refractivity contribution in [2.24, 2.45) is 0 Å². The summed E-state index contributed by atoms with van der Waals surface area (Å²) < 4.78 is 1.70. The van der Waals surface area contributed by atoms with E-state index in [0.29, 0.717) is 16.1 Å². The Morgan fingerprint density at radius 1 is 1.11 bits per heavy atom. The van der Waals surface area contributed by atoms with Gasteiger partial charge in [0.05, 0.1) is 5.56 Å². The van der Waals surface area contributed by atoms with Crippen molar-refractivity contribution < 1.29 is 14.2 Å². The normalized spacial score (nSPS) is 10.2. The van der Waals surface area contributed by atoms with E-state index in [4.69, 9.17) is 11.6 Å². The van der Waals surface area contributed by atoms with E-state index in [2.05, 4.69) is 0 Å². The summed E-state index contributed by atoms with van der Waals surface area (Å²) in [4.78, 5) is 23.3. The Kier molecular flexibility index (Phi) is 4.07. The van der Waals surface area contributed by atoms with Crippen LogP contribution in [-0.4, -0.2) is 11.6 Å². The van der Waals surface area contributed by atoms with E-state index in [-0.39, 0.29) is 18.1 Å². The van der Waals surface area contributed by atoms with E-state index in [1.165, 1.54) is 6.92 Å². The molecule has 1 aromatic carbocycles. The minimum atomic E-state index is -0.0256. The van der Waals surface area contributed by atoms with Crippen molar-refractivity contribution in [3.05, 3.63) is 64.9 Å². The summed E-state index contributed by atoms with van der Waals surface area (Å²) in [6.07, 6.45) is 3.44. The predicted molar refractivity (Wildman–Crippen MR) is 72.4 cm³/mol. The summed E-state index contributed by atoms with van der Waals surface area (Å²) in [5.74, 6) is -0.0457. The Balaban J connectivity index is 2.17. The first-order valence-corrected chi connectivity index (χ1v) is 6.23. The molecule has 0 saturated carbocycles. The van der Waals surface area contributed by atoms with Crippen LogP contribution in [0.3, 0.4) is 0 Å². The van der Waals surface area contributed by atoms with Crippen molar-refractivity contribution in [1.82, 2.24) is 0 Å². The second kappa shape index (κ2) is 5.76. The van der Waals surface area contributed by atoms with Crippen LogP contribution in [0.25, 0.3) is 0 Å². The number of aromatic nitrogens is 1. The highest BCUT2D eigenvalue weighted by Crippen LogP contribution is 2.10. The van der Waals surface area contributed by atoms with Gasteiger partial charge in [0.1, 0.15) is 0 Å². The monoisotopic (exact) mass is 274 g/mol. The molecule has 4 heteroatoms. The minimum absolute atomic E-state index is 0.0201. The van der Waals surface area contributed by atoms with Gasteiger partial charge >= 0.3 is 0 Å². The Morgan fingerprint density at radius 2 is 1.79 bits per heavy atom. The van der Waals surface area contributed by atoms with E-state index < -0.39 is 0 Å². The molecule has 3 nitrogen and oxygen atoms in total. The molecule has 0 unspecified atom stereocenters. The average molecular weight is 275 g/mol. The number of Topliss-reactive ketones (excluding diaryl/α,β-unsaturated/α-hetero) is 2. The molecular formula is C15H13ClNO2+. The maximum atomic E-state index is 12.1. The van der Waals surface area contributed by atoms with Crippen molar-refractivity contribution in [2.45, 2.75) is 13.5 Å². The summed E-state index contributed by atoms with van der Waals surface area (Å²) in [6.45, 7) is 1.70. The summed E-state index contributed by atoms with van der Waals surface area (Å²) >= 11 is 5.78. The Bertz CT molecular complexity index is 620. The first-order chi connectivity index (χ1) is 9.06. The third-order valence-electron chi connectivity index (χ3n) is 2.76. The van der Waals surface area contributed by atoms with Crippen molar-refractivity contribution in [3.8, 4) is 0 Å². The molecule has 1 aromatic heterocycles. The molecule has 0 aliphatic heterocycles. The number of hydrogen-bond acceptors (Lipinski definition) is 2. The van der Waals surface area contributed by atoms with Crippen LogP contribution in [0.5, 0.6) is 0 Å². The van der Waals surface area contributed by atoms with Gasteiger partial charge in [-0.05, 0) is 37.3 Å². The number of hydrogen-bond donors (Lipinski definition) is 0. The van der Waals surface area contributed by atoms with Crippen LogP contribution >= 0.6 is 11.6 Å². The number of benzene rings is 1. The molecule has 96 valence electrons. The van der Waals surface area contributed by atoms with Gasteiger partial charge in [0.15, 0.2) is 18.2 Å². The third kappa shape index (κ3) is 3.48. The zero-order valence-corrected chi connectivity index (χ0v) is 11.2. The number of ketones is 2. The zero-order chi connectivity index (χ0) is 13.8. The van der Waals surface area contributed by atoms with Gasteiger partial charge in [-0.1, -0.05) is 11.6 Å². The lowest BCUT2D eigenvalue weighted by molar-refractivity contribution is -0.683. The smallest absolute Gasteiger partial charge is 0.227 e. The molecule has 0 spiro atoms. The van der Waals surface area contributed by atoms with Crippen LogP contribution in [0.15, 0.2) is 48.8 Å². The lowest BCUT2D eigenvalue weighted by Crippen LogP contribution is -2.37.